The molecule has 0 saturated carbocycles. The lowest BCUT2D eigenvalue weighted by atomic mass is 10.2. The Morgan fingerprint density at radius 3 is 2.65 bits per heavy atom. The molecular weight excluding hydrogens is 432 g/mol. The van der Waals surface area contributed by atoms with Crippen molar-refractivity contribution in [2.24, 2.45) is 0 Å². The van der Waals surface area contributed by atoms with Crippen LogP contribution in [0.1, 0.15) is 34.0 Å². The highest BCUT2D eigenvalue weighted by atomic mass is 35.5. The largest absolute Gasteiger partial charge is 0.350 e. The summed E-state index contributed by atoms with van der Waals surface area (Å²) in [6.45, 7) is 2.43. The fraction of sp³-hybridized carbons (Fsp3) is 0.174. The molecule has 31 heavy (non-hydrogen) atoms. The number of nitrogens with zero attached hydrogens (tertiary/aromatic N) is 2. The van der Waals surface area contributed by atoms with Gasteiger partial charge in [-0.1, -0.05) is 41.9 Å². The minimum Gasteiger partial charge on any atom is -0.350 e. The molecule has 0 bridgehead atoms. The standard InChI is InChI=1S/C23H21ClN4O2S/c1-15(26-23(30)17-8-2-3-9-18(17)24)22-27-19-10-4-5-11-20(19)28(22)14-21(29)25-13-16-7-6-12-31-16/h2-12,15H,13-14H2,1H3,(H,25,29)(H,26,30). The molecule has 0 saturated heterocycles. The Hall–Kier alpha value is -3.16. The van der Waals surface area contributed by atoms with Crippen molar-refractivity contribution in [3.63, 3.8) is 0 Å². The lowest BCUT2D eigenvalue weighted by Gasteiger charge is -2.17. The monoisotopic (exact) mass is 452 g/mol. The Morgan fingerprint density at radius 1 is 1.10 bits per heavy atom. The molecular formula is C23H21ClN4O2S. The Bertz CT molecular complexity index is 1220. The van der Waals surface area contributed by atoms with E-state index in [1.54, 1.807) is 35.6 Å². The molecule has 4 aromatic rings. The van der Waals surface area contributed by atoms with Gasteiger partial charge in [0.25, 0.3) is 5.91 Å². The molecule has 0 aliphatic rings. The maximum Gasteiger partial charge on any atom is 0.253 e. The summed E-state index contributed by atoms with van der Waals surface area (Å²) < 4.78 is 1.84. The molecule has 6 nitrogen and oxygen atoms in total. The molecule has 0 fully saturated rings. The molecule has 1 atom stereocenters. The number of para-hydroxylation sites is 2. The van der Waals surface area contributed by atoms with Crippen LogP contribution in [0, 0.1) is 0 Å². The van der Waals surface area contributed by atoms with Gasteiger partial charge in [0.2, 0.25) is 5.91 Å². The Balaban J connectivity index is 1.56. The molecule has 2 amide bonds. The number of nitrogens with one attached hydrogen (secondary N) is 2. The summed E-state index contributed by atoms with van der Waals surface area (Å²) in [5, 5.41) is 8.25. The SMILES string of the molecule is CC(NC(=O)c1ccccc1Cl)c1nc2ccccc2n1CC(=O)NCc1cccs1. The van der Waals surface area contributed by atoms with Crippen LogP contribution < -0.4 is 10.6 Å². The van der Waals surface area contributed by atoms with E-state index in [1.165, 1.54) is 0 Å². The normalized spacial score (nSPS) is 11.9. The molecule has 0 aliphatic carbocycles. The Labute approximate surface area is 188 Å². The van der Waals surface area contributed by atoms with Gasteiger partial charge in [0, 0.05) is 4.88 Å². The summed E-state index contributed by atoms with van der Waals surface area (Å²) in [7, 11) is 0. The molecule has 0 radical (unpaired) electrons. The van der Waals surface area contributed by atoms with Crippen LogP contribution in [0.2, 0.25) is 5.02 Å². The van der Waals surface area contributed by atoms with Gasteiger partial charge < -0.3 is 15.2 Å². The second-order valence-corrected chi connectivity index (χ2v) is 8.52. The number of hydrogen-bond donors (Lipinski definition) is 2. The summed E-state index contributed by atoms with van der Waals surface area (Å²) in [5.41, 5.74) is 2.00. The number of amides is 2. The maximum absolute atomic E-state index is 12.7. The second-order valence-electron chi connectivity index (χ2n) is 7.08. The molecule has 0 spiro atoms. The van der Waals surface area contributed by atoms with Crippen molar-refractivity contribution in [2.75, 3.05) is 0 Å². The first-order valence-corrected chi connectivity index (χ1v) is 11.1. The lowest BCUT2D eigenvalue weighted by molar-refractivity contribution is -0.121. The van der Waals surface area contributed by atoms with Crippen LogP contribution >= 0.6 is 22.9 Å². The first kappa shape index (κ1) is 21.1. The fourth-order valence-electron chi connectivity index (χ4n) is 3.37. The zero-order valence-corrected chi connectivity index (χ0v) is 18.4. The summed E-state index contributed by atoms with van der Waals surface area (Å²) in [5.74, 6) is 0.189. The third kappa shape index (κ3) is 4.78. The average molecular weight is 453 g/mol. The number of halogens is 1. The topological polar surface area (TPSA) is 76.0 Å². The molecule has 2 heterocycles. The van der Waals surface area contributed by atoms with Crippen LogP contribution in [-0.4, -0.2) is 21.4 Å². The van der Waals surface area contributed by atoms with Crippen LogP contribution in [-0.2, 0) is 17.9 Å². The number of imidazole rings is 1. The van der Waals surface area contributed by atoms with Crippen LogP contribution in [0.3, 0.4) is 0 Å². The lowest BCUT2D eigenvalue weighted by Crippen LogP contribution is -2.31. The third-order valence-corrected chi connectivity index (χ3v) is 6.09. The smallest absolute Gasteiger partial charge is 0.253 e. The van der Waals surface area contributed by atoms with Gasteiger partial charge in [-0.25, -0.2) is 4.98 Å². The Morgan fingerprint density at radius 2 is 1.87 bits per heavy atom. The summed E-state index contributed by atoms with van der Waals surface area (Å²) in [6.07, 6.45) is 0. The quantitative estimate of drug-likeness (QED) is 0.431. The van der Waals surface area contributed by atoms with Crippen molar-refractivity contribution in [1.82, 2.24) is 20.2 Å². The van der Waals surface area contributed by atoms with Crippen LogP contribution in [0.5, 0.6) is 0 Å². The highest BCUT2D eigenvalue weighted by Crippen LogP contribution is 2.22. The van der Waals surface area contributed by atoms with Gasteiger partial charge in [-0.15, -0.1) is 11.3 Å². The number of benzene rings is 2. The van der Waals surface area contributed by atoms with Crippen LogP contribution in [0.4, 0.5) is 0 Å². The summed E-state index contributed by atoms with van der Waals surface area (Å²) >= 11 is 7.75. The first-order chi connectivity index (χ1) is 15.0. The number of fused-ring (bicyclic) bond motifs is 1. The van der Waals surface area contributed by atoms with E-state index >= 15 is 0 Å². The molecule has 2 aromatic carbocycles. The molecule has 0 aliphatic heterocycles. The first-order valence-electron chi connectivity index (χ1n) is 9.82. The van der Waals surface area contributed by atoms with Gasteiger partial charge >= 0.3 is 0 Å². The average Bonchev–Trinajstić information content (AvgIpc) is 3.41. The van der Waals surface area contributed by atoms with E-state index < -0.39 is 6.04 Å². The van der Waals surface area contributed by atoms with Gasteiger partial charge in [0.1, 0.15) is 12.4 Å². The number of rotatable bonds is 7. The predicted molar refractivity (Wildman–Crippen MR) is 123 cm³/mol. The van der Waals surface area contributed by atoms with Crippen LogP contribution in [0.15, 0.2) is 66.0 Å². The van der Waals surface area contributed by atoms with E-state index in [-0.39, 0.29) is 18.4 Å². The van der Waals surface area contributed by atoms with Gasteiger partial charge in [0.15, 0.2) is 0 Å². The molecule has 8 heteroatoms. The number of carbonyl (C=O) groups is 2. The zero-order valence-electron chi connectivity index (χ0n) is 16.8. The van der Waals surface area contributed by atoms with E-state index in [9.17, 15) is 9.59 Å². The second kappa shape index (κ2) is 9.32. The zero-order chi connectivity index (χ0) is 21.8. The third-order valence-electron chi connectivity index (χ3n) is 4.88. The minimum absolute atomic E-state index is 0.105. The predicted octanol–water partition coefficient (Wildman–Crippen LogP) is 4.56. The molecule has 1 unspecified atom stereocenters. The van der Waals surface area contributed by atoms with Gasteiger partial charge in [-0.3, -0.25) is 9.59 Å². The minimum atomic E-state index is -0.429. The molecule has 4 rings (SSSR count). The fourth-order valence-corrected chi connectivity index (χ4v) is 4.24. The molecule has 2 aromatic heterocycles. The summed E-state index contributed by atoms with van der Waals surface area (Å²) in [6, 6.07) is 18.0. The van der Waals surface area contributed by atoms with E-state index in [0.29, 0.717) is 23.0 Å². The van der Waals surface area contributed by atoms with Crippen molar-refractivity contribution in [3.8, 4) is 0 Å². The number of hydrogen-bond acceptors (Lipinski definition) is 4. The number of thiophene rings is 1. The van der Waals surface area contributed by atoms with Crippen molar-refractivity contribution in [3.05, 3.63) is 87.3 Å². The molecule has 2 N–H and O–H groups in total. The summed E-state index contributed by atoms with van der Waals surface area (Å²) in [4.78, 5) is 31.1. The van der Waals surface area contributed by atoms with Gasteiger partial charge in [-0.05, 0) is 42.6 Å². The van der Waals surface area contributed by atoms with Crippen molar-refractivity contribution < 1.29 is 9.59 Å². The Kier molecular flexibility index (Phi) is 6.34. The number of aromatic nitrogens is 2. The van der Waals surface area contributed by atoms with Gasteiger partial charge in [0.05, 0.1) is 34.2 Å². The van der Waals surface area contributed by atoms with E-state index in [2.05, 4.69) is 15.6 Å². The van der Waals surface area contributed by atoms with Crippen molar-refractivity contribution in [1.29, 1.82) is 0 Å². The number of carbonyl (C=O) groups excluding carboxylic acids is 2. The maximum atomic E-state index is 12.7. The van der Waals surface area contributed by atoms with E-state index in [1.807, 2.05) is 53.3 Å². The highest BCUT2D eigenvalue weighted by Gasteiger charge is 2.21. The molecule has 158 valence electrons. The van der Waals surface area contributed by atoms with Crippen LogP contribution in [0.25, 0.3) is 11.0 Å². The van der Waals surface area contributed by atoms with Crippen molar-refractivity contribution >= 4 is 45.8 Å². The van der Waals surface area contributed by atoms with E-state index in [4.69, 9.17) is 11.6 Å². The van der Waals surface area contributed by atoms with E-state index in [0.717, 1.165) is 15.9 Å². The van der Waals surface area contributed by atoms with Gasteiger partial charge in [-0.2, -0.15) is 0 Å². The van der Waals surface area contributed by atoms with Crippen molar-refractivity contribution in [2.45, 2.75) is 26.1 Å². The highest BCUT2D eigenvalue weighted by molar-refractivity contribution is 7.09.